The van der Waals surface area contributed by atoms with Gasteiger partial charge in [0.1, 0.15) is 11.5 Å². The monoisotopic (exact) mass is 294 g/mol. The minimum Gasteiger partial charge on any atom is -0.507 e. The van der Waals surface area contributed by atoms with Gasteiger partial charge in [0.2, 0.25) is 0 Å². The number of carbonyl (C=O) groups is 1. The van der Waals surface area contributed by atoms with Gasteiger partial charge in [0.05, 0.1) is 0 Å². The topological polar surface area (TPSA) is 46.5 Å². The summed E-state index contributed by atoms with van der Waals surface area (Å²) >= 11 is 0. The molecule has 3 heteroatoms. The van der Waals surface area contributed by atoms with Crippen molar-refractivity contribution in [1.82, 2.24) is 0 Å². The van der Waals surface area contributed by atoms with Crippen molar-refractivity contribution in [3.63, 3.8) is 0 Å². The Morgan fingerprint density at radius 2 is 2.05 bits per heavy atom. The van der Waals surface area contributed by atoms with Crippen molar-refractivity contribution in [2.75, 3.05) is 0 Å². The number of phenolic OH excluding ortho intramolecular Hbond substituents is 1. The minimum atomic E-state index is -0.484. The number of aryl methyl sites for hydroxylation is 1. The Labute approximate surface area is 129 Å². The molecule has 112 valence electrons. The fourth-order valence-electron chi connectivity index (χ4n) is 2.95. The second kappa shape index (κ2) is 5.34. The van der Waals surface area contributed by atoms with Crippen molar-refractivity contribution in [3.05, 3.63) is 59.2 Å². The third-order valence-electron chi connectivity index (χ3n) is 4.08. The van der Waals surface area contributed by atoms with Gasteiger partial charge in [-0.25, -0.2) is 4.79 Å². The summed E-state index contributed by atoms with van der Waals surface area (Å²) in [5.41, 5.74) is 3.99. The van der Waals surface area contributed by atoms with E-state index in [2.05, 4.69) is 12.7 Å². The summed E-state index contributed by atoms with van der Waals surface area (Å²) in [5, 5.41) is 12.1. The lowest BCUT2D eigenvalue weighted by atomic mass is 9.87. The summed E-state index contributed by atoms with van der Waals surface area (Å²) in [7, 11) is 0. The van der Waals surface area contributed by atoms with Gasteiger partial charge in [0.15, 0.2) is 0 Å². The molecule has 0 saturated carbocycles. The van der Waals surface area contributed by atoms with E-state index < -0.39 is 5.97 Å². The molecule has 0 unspecified atom stereocenters. The second-order valence-electron chi connectivity index (χ2n) is 5.74. The molecule has 0 radical (unpaired) electrons. The molecule has 0 aromatic heterocycles. The van der Waals surface area contributed by atoms with Crippen LogP contribution in [0.1, 0.15) is 23.6 Å². The van der Waals surface area contributed by atoms with E-state index >= 15 is 0 Å². The van der Waals surface area contributed by atoms with Gasteiger partial charge in [-0.2, -0.15) is 0 Å². The van der Waals surface area contributed by atoms with Crippen LogP contribution in [-0.2, 0) is 17.6 Å². The third kappa shape index (κ3) is 2.29. The lowest BCUT2D eigenvalue weighted by Crippen LogP contribution is -2.10. The Bertz CT molecular complexity index is 828. The highest BCUT2D eigenvalue weighted by Crippen LogP contribution is 2.43. The van der Waals surface area contributed by atoms with Gasteiger partial charge in [0.25, 0.3) is 0 Å². The summed E-state index contributed by atoms with van der Waals surface area (Å²) in [6.07, 6.45) is 4.58. The number of phenols is 1. The normalized spacial score (nSPS) is 13.5. The highest BCUT2D eigenvalue weighted by Gasteiger charge is 2.23. The molecule has 2 aromatic rings. The van der Waals surface area contributed by atoms with E-state index in [1.807, 2.05) is 32.0 Å². The molecule has 0 saturated heterocycles. The van der Waals surface area contributed by atoms with Crippen LogP contribution in [0.4, 0.5) is 0 Å². The maximum atomic E-state index is 11.7. The molecule has 1 N–H and O–H groups in total. The summed E-state index contributed by atoms with van der Waals surface area (Å²) in [4.78, 5) is 11.7. The maximum Gasteiger partial charge on any atom is 0.335 e. The van der Waals surface area contributed by atoms with E-state index in [9.17, 15) is 9.90 Å². The van der Waals surface area contributed by atoms with Gasteiger partial charge in [0, 0.05) is 28.0 Å². The van der Waals surface area contributed by atoms with Crippen LogP contribution in [0.25, 0.3) is 10.8 Å². The van der Waals surface area contributed by atoms with Crippen LogP contribution < -0.4 is 4.74 Å². The minimum absolute atomic E-state index is 0.288. The molecule has 2 aromatic carbocycles. The Kier molecular flexibility index (Phi) is 3.49. The van der Waals surface area contributed by atoms with Crippen molar-refractivity contribution in [1.29, 1.82) is 0 Å². The maximum absolute atomic E-state index is 11.7. The van der Waals surface area contributed by atoms with Crippen molar-refractivity contribution in [3.8, 4) is 11.5 Å². The Balaban J connectivity index is 2.34. The summed E-state index contributed by atoms with van der Waals surface area (Å²) in [6.45, 7) is 7.47. The van der Waals surface area contributed by atoms with E-state index in [0.717, 1.165) is 33.5 Å². The van der Waals surface area contributed by atoms with Gasteiger partial charge in [-0.3, -0.25) is 0 Å². The number of allylic oxidation sites excluding steroid dienone is 2. The van der Waals surface area contributed by atoms with Crippen LogP contribution in [0.2, 0.25) is 0 Å². The number of ether oxygens (including phenoxy) is 1. The highest BCUT2D eigenvalue weighted by molar-refractivity contribution is 5.98. The van der Waals surface area contributed by atoms with Gasteiger partial charge in [-0.15, -0.1) is 0 Å². The number of hydrogen-bond acceptors (Lipinski definition) is 3. The number of rotatable bonds is 2. The van der Waals surface area contributed by atoms with Crippen LogP contribution in [-0.4, -0.2) is 11.1 Å². The lowest BCUT2D eigenvalue weighted by molar-refractivity contribution is -0.128. The summed E-state index contributed by atoms with van der Waals surface area (Å²) in [6, 6.07) is 5.76. The molecule has 3 nitrogen and oxygen atoms in total. The quantitative estimate of drug-likeness (QED) is 0.394. The average molecular weight is 294 g/mol. The molecule has 1 aliphatic carbocycles. The van der Waals surface area contributed by atoms with Gasteiger partial charge in [-0.1, -0.05) is 35.9 Å². The van der Waals surface area contributed by atoms with Gasteiger partial charge >= 0.3 is 5.97 Å². The van der Waals surface area contributed by atoms with Crippen LogP contribution in [0, 0.1) is 6.92 Å². The zero-order valence-corrected chi connectivity index (χ0v) is 12.8. The molecule has 22 heavy (non-hydrogen) atoms. The van der Waals surface area contributed by atoms with Gasteiger partial charge in [-0.05, 0) is 32.8 Å². The molecule has 1 aliphatic rings. The zero-order valence-electron chi connectivity index (χ0n) is 12.8. The van der Waals surface area contributed by atoms with Crippen molar-refractivity contribution < 1.29 is 14.6 Å². The summed E-state index contributed by atoms with van der Waals surface area (Å²) < 4.78 is 5.52. The molecule has 0 bridgehead atoms. The highest BCUT2D eigenvalue weighted by atomic mass is 16.5. The van der Waals surface area contributed by atoms with Crippen LogP contribution >= 0.6 is 0 Å². The second-order valence-corrected chi connectivity index (χ2v) is 5.74. The first kappa shape index (κ1) is 14.4. The molecule has 0 fully saturated rings. The number of esters is 1. The van der Waals surface area contributed by atoms with Crippen molar-refractivity contribution in [2.45, 2.75) is 26.7 Å². The predicted octanol–water partition coefficient (Wildman–Crippen LogP) is 3.99. The van der Waals surface area contributed by atoms with E-state index in [0.29, 0.717) is 18.6 Å². The standard InChI is InChI=1S/C19H18O3/c1-4-17(20)22-19-14-8-6-11(2)9-15(14)18(21)13-7-5-12(3)10-16(13)19/h4-6,8-9,21H,1,7,10H2,2-3H3. The van der Waals surface area contributed by atoms with Crippen molar-refractivity contribution in [2.24, 2.45) is 0 Å². The first-order valence-corrected chi connectivity index (χ1v) is 7.28. The smallest absolute Gasteiger partial charge is 0.335 e. The molecular weight excluding hydrogens is 276 g/mol. The molecular formula is C19H18O3. The van der Waals surface area contributed by atoms with Gasteiger partial charge < -0.3 is 9.84 Å². The molecule has 0 amide bonds. The number of fused-ring (bicyclic) bond motifs is 2. The first-order valence-electron chi connectivity index (χ1n) is 7.28. The number of benzene rings is 2. The average Bonchev–Trinajstić information content (AvgIpc) is 2.51. The lowest BCUT2D eigenvalue weighted by Gasteiger charge is -2.22. The first-order chi connectivity index (χ1) is 10.5. The number of carbonyl (C=O) groups excluding carboxylic acids is 1. The van der Waals surface area contributed by atoms with E-state index in [1.54, 1.807) is 0 Å². The van der Waals surface area contributed by atoms with Crippen LogP contribution in [0.5, 0.6) is 11.5 Å². The van der Waals surface area contributed by atoms with Crippen molar-refractivity contribution >= 4 is 16.7 Å². The Hall–Kier alpha value is -2.55. The van der Waals surface area contributed by atoms with Crippen LogP contribution in [0.3, 0.4) is 0 Å². The van der Waals surface area contributed by atoms with E-state index in [1.165, 1.54) is 5.57 Å². The molecule has 0 heterocycles. The zero-order chi connectivity index (χ0) is 15.9. The Morgan fingerprint density at radius 1 is 1.27 bits per heavy atom. The fourth-order valence-corrected chi connectivity index (χ4v) is 2.95. The SMILES string of the molecule is C=CC(=O)Oc1c2c(c(O)c3cc(C)ccc13)CC=C(C)C2. The largest absolute Gasteiger partial charge is 0.507 e. The molecule has 3 rings (SSSR count). The van der Waals surface area contributed by atoms with E-state index in [-0.39, 0.29) is 5.75 Å². The summed E-state index contributed by atoms with van der Waals surface area (Å²) in [5.74, 6) is 0.345. The third-order valence-corrected chi connectivity index (χ3v) is 4.08. The molecule has 0 atom stereocenters. The number of hydrogen-bond donors (Lipinski definition) is 1. The number of aromatic hydroxyl groups is 1. The predicted molar refractivity (Wildman–Crippen MR) is 87.3 cm³/mol. The molecule has 0 aliphatic heterocycles. The fraction of sp³-hybridized carbons (Fsp3) is 0.211. The van der Waals surface area contributed by atoms with Crippen LogP contribution in [0.15, 0.2) is 42.5 Å². The van der Waals surface area contributed by atoms with E-state index in [4.69, 9.17) is 4.74 Å². The molecule has 0 spiro atoms. The Morgan fingerprint density at radius 3 is 2.77 bits per heavy atom.